The lowest BCUT2D eigenvalue weighted by Crippen LogP contribution is -2.26. The minimum Gasteiger partial charge on any atom is -0.366 e. The van der Waals surface area contributed by atoms with Crippen LogP contribution in [0.15, 0.2) is 30.9 Å². The summed E-state index contributed by atoms with van der Waals surface area (Å²) in [5, 5.41) is 0. The molecule has 2 heterocycles. The van der Waals surface area contributed by atoms with Crippen LogP contribution in [0.25, 0.3) is 0 Å². The Balaban J connectivity index is 2.21. The van der Waals surface area contributed by atoms with Gasteiger partial charge in [-0.05, 0) is 6.07 Å². The number of nitrogens with one attached hydrogen (secondary N) is 1. The number of hydrogen-bond donors (Lipinski definition) is 2. The Kier molecular flexibility index (Phi) is 3.78. The van der Waals surface area contributed by atoms with Crippen molar-refractivity contribution >= 4 is 17.3 Å². The number of aromatic amines is 1. The van der Waals surface area contributed by atoms with Crippen LogP contribution in [0, 0.1) is 0 Å². The number of rotatable bonds is 5. The van der Waals surface area contributed by atoms with Gasteiger partial charge in [-0.3, -0.25) is 0 Å². The first-order valence-corrected chi connectivity index (χ1v) is 5.82. The highest BCUT2D eigenvalue weighted by Gasteiger charge is 2.08. The molecule has 0 fully saturated rings. The van der Waals surface area contributed by atoms with Crippen molar-refractivity contribution in [2.75, 3.05) is 37.0 Å². The second-order valence-corrected chi connectivity index (χ2v) is 4.07. The standard InChI is InChI=1S/C12H18N6/c1-17(6-4-13)11-7-12(16-9-15-11)18(2)10-3-5-14-8-10/h3,5,7-9,14H,4,6,13H2,1-2H3. The predicted molar refractivity (Wildman–Crippen MR) is 73.2 cm³/mol. The summed E-state index contributed by atoms with van der Waals surface area (Å²) in [6.07, 6.45) is 5.38. The monoisotopic (exact) mass is 246 g/mol. The van der Waals surface area contributed by atoms with Crippen molar-refractivity contribution in [1.29, 1.82) is 0 Å². The molecule has 0 radical (unpaired) electrons. The van der Waals surface area contributed by atoms with Gasteiger partial charge in [-0.25, -0.2) is 9.97 Å². The van der Waals surface area contributed by atoms with Crippen molar-refractivity contribution in [3.63, 3.8) is 0 Å². The van der Waals surface area contributed by atoms with E-state index in [1.54, 1.807) is 6.33 Å². The molecule has 0 atom stereocenters. The third kappa shape index (κ3) is 2.60. The fourth-order valence-corrected chi connectivity index (χ4v) is 1.69. The molecule has 96 valence electrons. The number of aromatic nitrogens is 3. The first-order chi connectivity index (χ1) is 8.72. The zero-order valence-corrected chi connectivity index (χ0v) is 10.7. The maximum absolute atomic E-state index is 5.54. The van der Waals surface area contributed by atoms with E-state index < -0.39 is 0 Å². The van der Waals surface area contributed by atoms with Gasteiger partial charge in [0.2, 0.25) is 0 Å². The first-order valence-electron chi connectivity index (χ1n) is 5.82. The van der Waals surface area contributed by atoms with Crippen LogP contribution < -0.4 is 15.5 Å². The van der Waals surface area contributed by atoms with Crippen LogP contribution in [-0.4, -0.2) is 42.1 Å². The first kappa shape index (κ1) is 12.4. The molecule has 0 bridgehead atoms. The number of H-pyrrole nitrogens is 1. The zero-order chi connectivity index (χ0) is 13.0. The summed E-state index contributed by atoms with van der Waals surface area (Å²) in [5.74, 6) is 1.72. The van der Waals surface area contributed by atoms with Crippen LogP contribution in [-0.2, 0) is 0 Å². The van der Waals surface area contributed by atoms with Gasteiger partial charge >= 0.3 is 0 Å². The fourth-order valence-electron chi connectivity index (χ4n) is 1.69. The summed E-state index contributed by atoms with van der Waals surface area (Å²) in [4.78, 5) is 15.6. The fraction of sp³-hybridized carbons (Fsp3) is 0.333. The molecule has 18 heavy (non-hydrogen) atoms. The molecule has 6 heteroatoms. The molecular weight excluding hydrogens is 228 g/mol. The molecule has 2 aromatic heterocycles. The van der Waals surface area contributed by atoms with Crippen LogP contribution in [0.1, 0.15) is 0 Å². The molecule has 0 spiro atoms. The minimum absolute atomic E-state index is 0.601. The van der Waals surface area contributed by atoms with Crippen molar-refractivity contribution < 1.29 is 0 Å². The Bertz CT molecular complexity index is 481. The van der Waals surface area contributed by atoms with E-state index in [-0.39, 0.29) is 0 Å². The van der Waals surface area contributed by atoms with E-state index in [0.717, 1.165) is 23.9 Å². The molecule has 0 aliphatic rings. The largest absolute Gasteiger partial charge is 0.366 e. The van der Waals surface area contributed by atoms with E-state index in [1.807, 2.05) is 48.4 Å². The molecule has 0 saturated heterocycles. The van der Waals surface area contributed by atoms with Crippen molar-refractivity contribution in [2.45, 2.75) is 0 Å². The quantitative estimate of drug-likeness (QED) is 0.822. The lowest BCUT2D eigenvalue weighted by Gasteiger charge is -2.20. The second-order valence-electron chi connectivity index (χ2n) is 4.07. The maximum atomic E-state index is 5.54. The molecular formula is C12H18N6. The third-order valence-corrected chi connectivity index (χ3v) is 2.81. The highest BCUT2D eigenvalue weighted by molar-refractivity contribution is 5.60. The van der Waals surface area contributed by atoms with Gasteiger partial charge in [0.25, 0.3) is 0 Å². The van der Waals surface area contributed by atoms with Crippen molar-refractivity contribution in [3.8, 4) is 0 Å². The van der Waals surface area contributed by atoms with E-state index in [4.69, 9.17) is 5.73 Å². The summed E-state index contributed by atoms with van der Waals surface area (Å²) in [6, 6.07) is 3.94. The zero-order valence-electron chi connectivity index (χ0n) is 10.7. The Labute approximate surface area is 106 Å². The molecule has 2 rings (SSSR count). The number of anilines is 3. The number of nitrogens with zero attached hydrogens (tertiary/aromatic N) is 4. The number of hydrogen-bond acceptors (Lipinski definition) is 5. The number of nitrogens with two attached hydrogens (primary N) is 1. The predicted octanol–water partition coefficient (Wildman–Crippen LogP) is 0.967. The SMILES string of the molecule is CN(CCN)c1cc(N(C)c2cc[nH]c2)ncn1. The minimum atomic E-state index is 0.601. The summed E-state index contributed by atoms with van der Waals surface area (Å²) < 4.78 is 0. The molecule has 0 saturated carbocycles. The molecule has 0 unspecified atom stereocenters. The lowest BCUT2D eigenvalue weighted by atomic mass is 10.4. The topological polar surface area (TPSA) is 74.1 Å². The lowest BCUT2D eigenvalue weighted by molar-refractivity contribution is 0.863. The van der Waals surface area contributed by atoms with Gasteiger partial charge < -0.3 is 20.5 Å². The van der Waals surface area contributed by atoms with Gasteiger partial charge in [0, 0.05) is 45.6 Å². The second kappa shape index (κ2) is 5.50. The molecule has 3 N–H and O–H groups in total. The van der Waals surface area contributed by atoms with Gasteiger partial charge in [0.1, 0.15) is 18.0 Å². The Morgan fingerprint density at radius 1 is 1.28 bits per heavy atom. The van der Waals surface area contributed by atoms with Gasteiger partial charge in [-0.1, -0.05) is 0 Å². The van der Waals surface area contributed by atoms with Gasteiger partial charge in [0.05, 0.1) is 5.69 Å². The van der Waals surface area contributed by atoms with E-state index in [1.165, 1.54) is 0 Å². The van der Waals surface area contributed by atoms with Gasteiger partial charge in [-0.2, -0.15) is 0 Å². The molecule has 6 nitrogen and oxygen atoms in total. The molecule has 0 amide bonds. The smallest absolute Gasteiger partial charge is 0.138 e. The average molecular weight is 246 g/mol. The van der Waals surface area contributed by atoms with Crippen LogP contribution in [0.2, 0.25) is 0 Å². The summed E-state index contributed by atoms with van der Waals surface area (Å²) in [6.45, 7) is 1.37. The van der Waals surface area contributed by atoms with Crippen molar-refractivity contribution in [3.05, 3.63) is 30.9 Å². The Hall–Kier alpha value is -2.08. The van der Waals surface area contributed by atoms with Crippen LogP contribution in [0.5, 0.6) is 0 Å². The summed E-state index contributed by atoms with van der Waals surface area (Å²) in [5.41, 5.74) is 6.60. The molecule has 0 aromatic carbocycles. The highest BCUT2D eigenvalue weighted by Crippen LogP contribution is 2.22. The van der Waals surface area contributed by atoms with Gasteiger partial charge in [-0.15, -0.1) is 0 Å². The van der Waals surface area contributed by atoms with E-state index >= 15 is 0 Å². The summed E-state index contributed by atoms with van der Waals surface area (Å²) >= 11 is 0. The third-order valence-electron chi connectivity index (χ3n) is 2.81. The maximum Gasteiger partial charge on any atom is 0.138 e. The molecule has 2 aromatic rings. The van der Waals surface area contributed by atoms with Crippen LogP contribution in [0.4, 0.5) is 17.3 Å². The molecule has 0 aliphatic heterocycles. The molecule has 0 aliphatic carbocycles. The van der Waals surface area contributed by atoms with Crippen molar-refractivity contribution in [2.24, 2.45) is 5.73 Å². The van der Waals surface area contributed by atoms with E-state index in [9.17, 15) is 0 Å². The van der Waals surface area contributed by atoms with Crippen LogP contribution in [0.3, 0.4) is 0 Å². The average Bonchev–Trinajstić information content (AvgIpc) is 2.92. The Morgan fingerprint density at radius 2 is 2.06 bits per heavy atom. The normalized spacial score (nSPS) is 10.4. The van der Waals surface area contributed by atoms with Crippen molar-refractivity contribution in [1.82, 2.24) is 15.0 Å². The van der Waals surface area contributed by atoms with E-state index in [2.05, 4.69) is 15.0 Å². The summed E-state index contributed by atoms with van der Waals surface area (Å²) in [7, 11) is 3.94. The Morgan fingerprint density at radius 3 is 2.72 bits per heavy atom. The van der Waals surface area contributed by atoms with E-state index in [0.29, 0.717) is 6.54 Å². The number of likely N-dealkylation sites (N-methyl/N-ethyl adjacent to an activating group) is 1. The van der Waals surface area contributed by atoms with Gasteiger partial charge in [0.15, 0.2) is 0 Å². The van der Waals surface area contributed by atoms with Crippen LogP contribution >= 0.6 is 0 Å². The highest BCUT2D eigenvalue weighted by atomic mass is 15.2.